The fraction of sp³-hybridized carbons (Fsp3) is 0.417. The molecule has 0 fully saturated rings. The summed E-state index contributed by atoms with van der Waals surface area (Å²) in [6.45, 7) is 10.7. The normalized spacial score (nSPS) is 8.69. The molecule has 0 heterocycles. The number of aryl methyl sites for hydroxylation is 2. The van der Waals surface area contributed by atoms with Gasteiger partial charge in [0.1, 0.15) is 0 Å². The van der Waals surface area contributed by atoms with Gasteiger partial charge in [-0.05, 0) is 0 Å². The minimum absolute atomic E-state index is 0. The molecule has 1 rings (SSSR count). The van der Waals surface area contributed by atoms with Crippen LogP contribution in [-0.4, -0.2) is 0 Å². The molecule has 0 bridgehead atoms. The molecule has 0 saturated carbocycles. The molecule has 0 amide bonds. The molecule has 1 radical (unpaired) electrons. The van der Waals surface area contributed by atoms with Crippen LogP contribution in [-0.2, 0) is 32.7 Å². The molecule has 13 heavy (non-hydrogen) atoms. The summed E-state index contributed by atoms with van der Waals surface area (Å²) in [5.41, 5.74) is 6.75. The van der Waals surface area contributed by atoms with E-state index in [1.54, 1.807) is 0 Å². The second kappa shape index (κ2) is 5.93. The van der Waals surface area contributed by atoms with Gasteiger partial charge in [0.25, 0.3) is 0 Å². The average molecular weight is 251 g/mol. The van der Waals surface area contributed by atoms with Crippen LogP contribution < -0.4 is 0 Å². The third kappa shape index (κ3) is 3.18. The Hall–Kier alpha value is 0.324. The summed E-state index contributed by atoms with van der Waals surface area (Å²) in [4.78, 5) is 0. The van der Waals surface area contributed by atoms with Gasteiger partial charge in [0.05, 0.1) is 0 Å². The third-order valence-electron chi connectivity index (χ3n) is 2.62. The van der Waals surface area contributed by atoms with Crippen molar-refractivity contribution >= 4 is 0 Å². The smallest absolute Gasteiger partial charge is 0 e. The van der Waals surface area contributed by atoms with Crippen LogP contribution in [0.25, 0.3) is 0 Å². The van der Waals surface area contributed by atoms with E-state index in [1.807, 2.05) is 0 Å². The summed E-state index contributed by atoms with van der Waals surface area (Å²) >= 11 is 0. The minimum atomic E-state index is 0. The van der Waals surface area contributed by atoms with Gasteiger partial charge < -0.3 is 7.43 Å². The van der Waals surface area contributed by atoms with E-state index < -0.39 is 0 Å². The second-order valence-corrected chi connectivity index (χ2v) is 3.25. The van der Waals surface area contributed by atoms with Crippen molar-refractivity contribution in [2.45, 2.75) is 34.6 Å². The summed E-state index contributed by atoms with van der Waals surface area (Å²) in [6.07, 6.45) is 0. The summed E-state index contributed by atoms with van der Waals surface area (Å²) in [5.74, 6) is 0. The summed E-state index contributed by atoms with van der Waals surface area (Å²) in [5, 5.41) is 0. The number of rotatable bonds is 0. The zero-order valence-corrected chi connectivity index (χ0v) is 12.4. The van der Waals surface area contributed by atoms with E-state index in [-0.39, 0.29) is 40.1 Å². The largest absolute Gasteiger partial charge is 0.358 e. The van der Waals surface area contributed by atoms with Crippen molar-refractivity contribution < 1.29 is 32.7 Å². The molecule has 1 heteroatoms. The zero-order valence-electron chi connectivity index (χ0n) is 9.58. The van der Waals surface area contributed by atoms with Crippen molar-refractivity contribution in [1.29, 1.82) is 0 Å². The molecule has 0 aliphatic carbocycles. The topological polar surface area (TPSA) is 0 Å². The van der Waals surface area contributed by atoms with E-state index in [4.69, 9.17) is 0 Å². The van der Waals surface area contributed by atoms with Crippen molar-refractivity contribution in [3.05, 3.63) is 41.3 Å². The van der Waals surface area contributed by atoms with Crippen LogP contribution in [0.1, 0.15) is 27.8 Å². The molecule has 0 aliphatic heterocycles. The molecule has 0 saturated heterocycles. The Bertz CT molecular complexity index is 261. The molecule has 0 nitrogen and oxygen atoms in total. The van der Waals surface area contributed by atoms with Crippen molar-refractivity contribution in [3.8, 4) is 0 Å². The van der Waals surface area contributed by atoms with Crippen LogP contribution in [0.4, 0.5) is 0 Å². The molecule has 1 aromatic carbocycles. The molecule has 0 spiro atoms. The molecule has 0 aromatic heterocycles. The average Bonchev–Trinajstić information content (AvgIpc) is 1.97. The van der Waals surface area contributed by atoms with E-state index in [0.29, 0.717) is 0 Å². The Morgan fingerprint density at radius 2 is 1.00 bits per heavy atom. The first kappa shape index (κ1) is 15.8. The molecule has 71 valence electrons. The number of benzene rings is 1. The fourth-order valence-electron chi connectivity index (χ4n) is 1.31. The number of hydrogen-bond donors (Lipinski definition) is 0. The first-order valence-electron chi connectivity index (χ1n) is 4.00. The molecule has 0 aliphatic rings. The summed E-state index contributed by atoms with van der Waals surface area (Å²) in [6, 6.07) is 3.35. The predicted octanol–water partition coefficient (Wildman–Crippen LogP) is 3.48. The monoisotopic (exact) mass is 251 g/mol. The zero-order chi connectivity index (χ0) is 8.59. The predicted molar refractivity (Wildman–Crippen MR) is 55.4 cm³/mol. The van der Waals surface area contributed by atoms with Gasteiger partial charge in [0.2, 0.25) is 0 Å². The van der Waals surface area contributed by atoms with Crippen molar-refractivity contribution in [2.24, 2.45) is 0 Å². The van der Waals surface area contributed by atoms with Gasteiger partial charge >= 0.3 is 0 Å². The second-order valence-electron chi connectivity index (χ2n) is 3.25. The molecule has 0 atom stereocenters. The Morgan fingerprint density at radius 1 is 0.692 bits per heavy atom. The van der Waals surface area contributed by atoms with E-state index >= 15 is 0 Å². The SMILES string of the molecule is Cc1[c-]c(C)c(C)c(C)c1C.[CH3-].[Y]. The van der Waals surface area contributed by atoms with Gasteiger partial charge in [-0.1, -0.05) is 34.6 Å². The molecular weight excluding hydrogens is 233 g/mol. The van der Waals surface area contributed by atoms with Gasteiger partial charge in [-0.25, -0.2) is 0 Å². The third-order valence-corrected chi connectivity index (χ3v) is 2.62. The van der Waals surface area contributed by atoms with Crippen LogP contribution in [0.15, 0.2) is 0 Å². The molecule has 0 N–H and O–H groups in total. The van der Waals surface area contributed by atoms with Crippen LogP contribution >= 0.6 is 0 Å². The van der Waals surface area contributed by atoms with E-state index in [9.17, 15) is 0 Å². The van der Waals surface area contributed by atoms with E-state index in [2.05, 4.69) is 40.7 Å². The summed E-state index contributed by atoms with van der Waals surface area (Å²) in [7, 11) is 0. The standard InChI is InChI=1S/C11H15.CH3.Y/c1-7-6-8(2)10(4)11(5)9(7)3;;/h1-5H3;1H3;/q2*-1;. The van der Waals surface area contributed by atoms with Crippen molar-refractivity contribution in [2.75, 3.05) is 0 Å². The summed E-state index contributed by atoms with van der Waals surface area (Å²) < 4.78 is 0. The van der Waals surface area contributed by atoms with Crippen LogP contribution in [0.2, 0.25) is 0 Å². The van der Waals surface area contributed by atoms with Gasteiger partial charge in [-0.15, -0.1) is 0 Å². The van der Waals surface area contributed by atoms with Gasteiger partial charge in [0.15, 0.2) is 0 Å². The molecular formula is C12H18Y-2. The van der Waals surface area contributed by atoms with Crippen molar-refractivity contribution in [3.63, 3.8) is 0 Å². The maximum atomic E-state index is 3.35. The van der Waals surface area contributed by atoms with E-state index in [1.165, 1.54) is 27.8 Å². The molecule has 0 unspecified atom stereocenters. The van der Waals surface area contributed by atoms with Gasteiger partial charge in [-0.2, -0.15) is 33.9 Å². The first-order valence-corrected chi connectivity index (χ1v) is 4.00. The quantitative estimate of drug-likeness (QED) is 0.619. The Balaban J connectivity index is 0. The fourth-order valence-corrected chi connectivity index (χ4v) is 1.31. The Morgan fingerprint density at radius 3 is 1.31 bits per heavy atom. The molecule has 1 aromatic rings. The Kier molecular flexibility index (Phi) is 7.20. The van der Waals surface area contributed by atoms with E-state index in [0.717, 1.165) is 0 Å². The maximum absolute atomic E-state index is 3.35. The van der Waals surface area contributed by atoms with Crippen LogP contribution in [0.3, 0.4) is 0 Å². The minimum Gasteiger partial charge on any atom is -0.358 e. The number of hydrogen-bond acceptors (Lipinski definition) is 0. The van der Waals surface area contributed by atoms with Crippen LogP contribution in [0, 0.1) is 48.1 Å². The Labute approximate surface area is 108 Å². The van der Waals surface area contributed by atoms with Gasteiger partial charge in [-0.3, -0.25) is 0 Å². The van der Waals surface area contributed by atoms with Crippen molar-refractivity contribution in [1.82, 2.24) is 0 Å². The first-order chi connectivity index (χ1) is 5.04. The van der Waals surface area contributed by atoms with Gasteiger partial charge in [0, 0.05) is 32.7 Å². The van der Waals surface area contributed by atoms with Crippen LogP contribution in [0.5, 0.6) is 0 Å². The maximum Gasteiger partial charge on any atom is 0 e.